The molecule has 11 nitrogen and oxygen atoms in total. The quantitative estimate of drug-likeness (QED) is 0.309. The number of carbonyl (C=O) groups excluding carboxylic acids is 1. The summed E-state index contributed by atoms with van der Waals surface area (Å²) < 4.78 is 16.5. The van der Waals surface area contributed by atoms with Gasteiger partial charge in [0.1, 0.15) is 11.9 Å². The van der Waals surface area contributed by atoms with Crippen LogP contribution in [0.15, 0.2) is 52.6 Å². The van der Waals surface area contributed by atoms with E-state index in [1.807, 2.05) is 59.0 Å². The van der Waals surface area contributed by atoms with Gasteiger partial charge in [0.05, 0.1) is 43.1 Å². The maximum absolute atomic E-state index is 13.1. The Labute approximate surface area is 260 Å². The lowest BCUT2D eigenvalue weighted by molar-refractivity contribution is -0.0791. The molecule has 232 valence electrons. The number of nitrogens with zero attached hydrogens (tertiary/aromatic N) is 6. The monoisotopic (exact) mass is 620 g/mol. The van der Waals surface area contributed by atoms with Crippen molar-refractivity contribution in [2.24, 2.45) is 0 Å². The Morgan fingerprint density at radius 1 is 1.16 bits per heavy atom. The molecule has 1 saturated carbocycles. The fourth-order valence-corrected chi connectivity index (χ4v) is 6.16. The summed E-state index contributed by atoms with van der Waals surface area (Å²) in [5, 5.41) is 4.97. The highest BCUT2D eigenvalue weighted by Crippen LogP contribution is 2.34. The minimum atomic E-state index is -0.593. The van der Waals surface area contributed by atoms with Crippen molar-refractivity contribution in [2.75, 3.05) is 13.1 Å². The molecular weight excluding hydrogens is 584 g/mol. The van der Waals surface area contributed by atoms with E-state index in [0.29, 0.717) is 35.7 Å². The summed E-state index contributed by atoms with van der Waals surface area (Å²) in [5.74, 6) is 0. The van der Waals surface area contributed by atoms with Crippen molar-refractivity contribution in [1.29, 1.82) is 0 Å². The Hall–Kier alpha value is -3.96. The molecule has 4 aromatic rings. The number of aryl methyl sites for hydroxylation is 1. The van der Waals surface area contributed by atoms with Crippen molar-refractivity contribution in [1.82, 2.24) is 28.6 Å². The number of fused-ring (bicyclic) bond motifs is 1. The average molecular weight is 621 g/mol. The third-order valence-electron chi connectivity index (χ3n) is 7.94. The number of benzene rings is 1. The van der Waals surface area contributed by atoms with Gasteiger partial charge in [0.15, 0.2) is 0 Å². The average Bonchev–Trinajstić information content (AvgIpc) is 3.69. The summed E-state index contributed by atoms with van der Waals surface area (Å²) in [4.78, 5) is 45.0. The molecule has 1 aliphatic carbocycles. The first-order chi connectivity index (χ1) is 20.9. The highest BCUT2D eigenvalue weighted by molar-refractivity contribution is 6.31. The number of amides is 1. The maximum Gasteiger partial charge on any atom is 0.410 e. The van der Waals surface area contributed by atoms with E-state index in [2.05, 4.69) is 10.1 Å². The number of morpholine rings is 1. The molecule has 44 heavy (non-hydrogen) atoms. The standard InChI is InChI=1S/C32H37ClN6O5/c1-19-10-22(33)12-26(25(19)13-24-17-36(14-20(2)43-24)31(42)44-32(3,4)5)29-27-11-21(16-39(27)35-18-34-29)15-38-28(40)8-9-37(30(38)41)23-6-7-23/h8-12,16,18,20,23-24H,6-7,13-15,17H2,1-5H3/t20-,24?/m0/s1. The van der Waals surface area contributed by atoms with Crippen LogP contribution >= 0.6 is 11.6 Å². The van der Waals surface area contributed by atoms with Crippen molar-refractivity contribution in [3.8, 4) is 11.3 Å². The molecule has 2 atom stereocenters. The van der Waals surface area contributed by atoms with Crippen LogP contribution in [0.4, 0.5) is 4.79 Å². The molecule has 1 amide bonds. The Kier molecular flexibility index (Phi) is 7.87. The number of aromatic nitrogens is 5. The van der Waals surface area contributed by atoms with E-state index in [1.54, 1.807) is 20.2 Å². The number of rotatable bonds is 6. The van der Waals surface area contributed by atoms with Crippen molar-refractivity contribution < 1.29 is 14.3 Å². The predicted octanol–water partition coefficient (Wildman–Crippen LogP) is 4.63. The highest BCUT2D eigenvalue weighted by atomic mass is 35.5. The van der Waals surface area contributed by atoms with Gasteiger partial charge in [-0.2, -0.15) is 5.10 Å². The molecular formula is C32H37ClN6O5. The fraction of sp³-hybridized carbons (Fsp3) is 0.469. The van der Waals surface area contributed by atoms with Crippen LogP contribution in [-0.2, 0) is 22.4 Å². The Morgan fingerprint density at radius 2 is 1.93 bits per heavy atom. The summed E-state index contributed by atoms with van der Waals surface area (Å²) in [7, 11) is 0. The van der Waals surface area contributed by atoms with Crippen molar-refractivity contribution in [3.05, 3.63) is 85.5 Å². The third kappa shape index (κ3) is 6.30. The molecule has 1 aromatic carbocycles. The smallest absolute Gasteiger partial charge is 0.410 e. The van der Waals surface area contributed by atoms with Gasteiger partial charge in [-0.3, -0.25) is 13.9 Å². The predicted molar refractivity (Wildman–Crippen MR) is 166 cm³/mol. The van der Waals surface area contributed by atoms with Gasteiger partial charge < -0.3 is 14.4 Å². The van der Waals surface area contributed by atoms with Gasteiger partial charge in [-0.25, -0.2) is 19.1 Å². The van der Waals surface area contributed by atoms with Crippen LogP contribution in [0.25, 0.3) is 16.8 Å². The summed E-state index contributed by atoms with van der Waals surface area (Å²) >= 11 is 6.58. The number of halogens is 1. The first-order valence-electron chi connectivity index (χ1n) is 14.9. The zero-order valence-electron chi connectivity index (χ0n) is 25.6. The van der Waals surface area contributed by atoms with Gasteiger partial charge in [-0.1, -0.05) is 11.6 Å². The molecule has 2 fully saturated rings. The Balaban J connectivity index is 1.33. The summed E-state index contributed by atoms with van der Waals surface area (Å²) in [5.41, 5.74) is 3.67. The third-order valence-corrected chi connectivity index (χ3v) is 8.16. The van der Waals surface area contributed by atoms with E-state index in [9.17, 15) is 14.4 Å². The van der Waals surface area contributed by atoms with E-state index < -0.39 is 5.60 Å². The van der Waals surface area contributed by atoms with Crippen LogP contribution in [0.2, 0.25) is 5.02 Å². The first kappa shape index (κ1) is 30.1. The van der Waals surface area contributed by atoms with E-state index in [-0.39, 0.29) is 42.1 Å². The van der Waals surface area contributed by atoms with Crippen LogP contribution in [0.3, 0.4) is 0 Å². The zero-order chi connectivity index (χ0) is 31.3. The van der Waals surface area contributed by atoms with Crippen LogP contribution in [0, 0.1) is 6.92 Å². The fourth-order valence-electron chi connectivity index (χ4n) is 5.88. The topological polar surface area (TPSA) is 113 Å². The van der Waals surface area contributed by atoms with Crippen molar-refractivity contribution >= 4 is 23.2 Å². The lowest BCUT2D eigenvalue weighted by Crippen LogP contribution is -2.51. The summed E-state index contributed by atoms with van der Waals surface area (Å²) in [6.45, 7) is 10.5. The molecule has 2 aliphatic rings. The van der Waals surface area contributed by atoms with Crippen LogP contribution in [-0.4, -0.2) is 65.6 Å². The number of ether oxygens (including phenoxy) is 2. The van der Waals surface area contributed by atoms with E-state index in [4.69, 9.17) is 21.1 Å². The van der Waals surface area contributed by atoms with Crippen LogP contribution in [0.5, 0.6) is 0 Å². The van der Waals surface area contributed by atoms with Gasteiger partial charge in [0.25, 0.3) is 5.56 Å². The van der Waals surface area contributed by atoms with E-state index >= 15 is 0 Å². The lowest BCUT2D eigenvalue weighted by Gasteiger charge is -2.38. The molecule has 0 spiro atoms. The second-order valence-electron chi connectivity index (χ2n) is 12.9. The number of hydrogen-bond donors (Lipinski definition) is 0. The molecule has 0 bridgehead atoms. The summed E-state index contributed by atoms with van der Waals surface area (Å²) in [6.07, 6.45) is 6.48. The SMILES string of the molecule is Cc1cc(Cl)cc(-c2ncnn3cc(Cn4c(=O)ccn(C5CC5)c4=O)cc23)c1CC1CN(C(=O)OC(C)(C)C)C[C@H](C)O1. The van der Waals surface area contributed by atoms with Gasteiger partial charge in [-0.15, -0.1) is 0 Å². The van der Waals surface area contributed by atoms with E-state index in [0.717, 1.165) is 35.1 Å². The van der Waals surface area contributed by atoms with Crippen LogP contribution in [0.1, 0.15) is 63.3 Å². The van der Waals surface area contributed by atoms with Crippen molar-refractivity contribution in [3.63, 3.8) is 0 Å². The second kappa shape index (κ2) is 11.5. The normalized spacial score (nSPS) is 19.0. The second-order valence-corrected chi connectivity index (χ2v) is 13.3. The highest BCUT2D eigenvalue weighted by Gasteiger charge is 2.32. The van der Waals surface area contributed by atoms with Crippen LogP contribution < -0.4 is 11.2 Å². The molecule has 4 heterocycles. The van der Waals surface area contributed by atoms with E-state index in [1.165, 1.54) is 17.0 Å². The summed E-state index contributed by atoms with van der Waals surface area (Å²) in [6, 6.07) is 7.30. The molecule has 3 aromatic heterocycles. The number of carbonyl (C=O) groups is 1. The minimum Gasteiger partial charge on any atom is -0.444 e. The van der Waals surface area contributed by atoms with Gasteiger partial charge in [0, 0.05) is 41.5 Å². The molecule has 1 saturated heterocycles. The van der Waals surface area contributed by atoms with Crippen molar-refractivity contribution in [2.45, 2.75) is 84.3 Å². The maximum atomic E-state index is 13.1. The lowest BCUT2D eigenvalue weighted by atomic mass is 9.93. The molecule has 0 radical (unpaired) electrons. The first-order valence-corrected chi connectivity index (χ1v) is 15.3. The minimum absolute atomic E-state index is 0.115. The molecule has 1 aliphatic heterocycles. The Morgan fingerprint density at radius 3 is 2.66 bits per heavy atom. The molecule has 0 N–H and O–H groups in total. The Bertz CT molecular complexity index is 1850. The van der Waals surface area contributed by atoms with Gasteiger partial charge in [-0.05, 0) is 82.3 Å². The molecule has 12 heteroatoms. The van der Waals surface area contributed by atoms with Gasteiger partial charge >= 0.3 is 11.8 Å². The van der Waals surface area contributed by atoms with Gasteiger partial charge in [0.2, 0.25) is 0 Å². The molecule has 6 rings (SSSR count). The largest absolute Gasteiger partial charge is 0.444 e. The molecule has 1 unspecified atom stereocenters. The number of hydrogen-bond acceptors (Lipinski definition) is 7. The zero-order valence-corrected chi connectivity index (χ0v) is 26.4.